The van der Waals surface area contributed by atoms with Gasteiger partial charge in [-0.15, -0.1) is 0 Å². The summed E-state index contributed by atoms with van der Waals surface area (Å²) < 4.78 is 26.7. The van der Waals surface area contributed by atoms with Crippen molar-refractivity contribution in [3.05, 3.63) is 28.8 Å². The third-order valence-electron chi connectivity index (χ3n) is 2.75. The monoisotopic (exact) mass is 285 g/mol. The fraction of sp³-hybridized carbons (Fsp3) is 0.364. The third-order valence-corrected chi connectivity index (χ3v) is 4.58. The third kappa shape index (κ3) is 2.82. The molecule has 1 saturated heterocycles. The second kappa shape index (κ2) is 5.24. The van der Waals surface area contributed by atoms with Crippen molar-refractivity contribution >= 4 is 21.6 Å². The van der Waals surface area contributed by atoms with Crippen LogP contribution < -0.4 is 10.0 Å². The molecule has 1 aromatic rings. The van der Waals surface area contributed by atoms with E-state index in [-0.39, 0.29) is 21.5 Å². The Labute approximate surface area is 111 Å². The molecule has 0 aromatic heterocycles. The minimum Gasteiger partial charge on any atom is -0.315 e. The van der Waals surface area contributed by atoms with E-state index in [4.69, 9.17) is 16.9 Å². The van der Waals surface area contributed by atoms with E-state index >= 15 is 0 Å². The molecule has 1 fully saturated rings. The van der Waals surface area contributed by atoms with E-state index in [2.05, 4.69) is 10.0 Å². The van der Waals surface area contributed by atoms with Gasteiger partial charge in [0.2, 0.25) is 10.0 Å². The van der Waals surface area contributed by atoms with E-state index in [0.717, 1.165) is 13.0 Å². The maximum atomic E-state index is 12.1. The molecule has 0 aliphatic carbocycles. The summed E-state index contributed by atoms with van der Waals surface area (Å²) >= 11 is 5.83. The summed E-state index contributed by atoms with van der Waals surface area (Å²) in [6.45, 7) is 1.44. The van der Waals surface area contributed by atoms with E-state index in [1.807, 2.05) is 6.07 Å². The zero-order valence-corrected chi connectivity index (χ0v) is 11.1. The molecule has 0 amide bonds. The van der Waals surface area contributed by atoms with Crippen LogP contribution >= 0.6 is 11.6 Å². The van der Waals surface area contributed by atoms with E-state index in [9.17, 15) is 8.42 Å². The van der Waals surface area contributed by atoms with Gasteiger partial charge in [-0.1, -0.05) is 11.6 Å². The Kier molecular flexibility index (Phi) is 3.88. The Morgan fingerprint density at radius 3 is 2.83 bits per heavy atom. The number of hydrogen-bond acceptors (Lipinski definition) is 4. The van der Waals surface area contributed by atoms with E-state index in [0.29, 0.717) is 6.54 Å². The molecule has 1 aliphatic rings. The van der Waals surface area contributed by atoms with Crippen molar-refractivity contribution in [2.45, 2.75) is 17.4 Å². The summed E-state index contributed by atoms with van der Waals surface area (Å²) in [7, 11) is -3.58. The van der Waals surface area contributed by atoms with Crippen molar-refractivity contribution in [3.63, 3.8) is 0 Å². The van der Waals surface area contributed by atoms with Crippen LogP contribution in [0.15, 0.2) is 23.1 Å². The summed E-state index contributed by atoms with van der Waals surface area (Å²) in [5.74, 6) is 0. The highest BCUT2D eigenvalue weighted by atomic mass is 35.5. The zero-order chi connectivity index (χ0) is 13.2. The molecule has 1 aromatic carbocycles. The maximum Gasteiger partial charge on any atom is 0.240 e. The molecular formula is C11H12ClN3O2S. The molecule has 18 heavy (non-hydrogen) atoms. The number of nitrogens with one attached hydrogen (secondary N) is 2. The molecule has 1 aliphatic heterocycles. The molecule has 2 rings (SSSR count). The number of sulfonamides is 1. The lowest BCUT2D eigenvalue weighted by Gasteiger charge is -2.12. The summed E-state index contributed by atoms with van der Waals surface area (Å²) in [5.41, 5.74) is 0.262. The predicted molar refractivity (Wildman–Crippen MR) is 67.8 cm³/mol. The van der Waals surface area contributed by atoms with Crippen LogP contribution in [0.4, 0.5) is 0 Å². The lowest BCUT2D eigenvalue weighted by atomic mass is 10.2. The molecule has 0 radical (unpaired) electrons. The summed E-state index contributed by atoms with van der Waals surface area (Å²) in [6, 6.07) is 5.88. The van der Waals surface area contributed by atoms with Crippen LogP contribution in [-0.4, -0.2) is 27.5 Å². The van der Waals surface area contributed by atoms with Crippen LogP contribution in [0.3, 0.4) is 0 Å². The molecule has 2 N–H and O–H groups in total. The highest BCUT2D eigenvalue weighted by Gasteiger charge is 2.23. The average molecular weight is 286 g/mol. The van der Waals surface area contributed by atoms with Gasteiger partial charge in [-0.25, -0.2) is 13.1 Å². The maximum absolute atomic E-state index is 12.1. The van der Waals surface area contributed by atoms with E-state index < -0.39 is 10.0 Å². The number of halogens is 1. The fourth-order valence-electron chi connectivity index (χ4n) is 1.80. The van der Waals surface area contributed by atoms with Crippen molar-refractivity contribution in [3.8, 4) is 6.07 Å². The molecule has 5 nitrogen and oxygen atoms in total. The van der Waals surface area contributed by atoms with Gasteiger partial charge in [-0.05, 0) is 31.2 Å². The van der Waals surface area contributed by atoms with Crippen molar-refractivity contribution in [1.82, 2.24) is 10.0 Å². The predicted octanol–water partition coefficient (Wildman–Crippen LogP) is 0.852. The SMILES string of the molecule is N#Cc1ccc(S(=O)(=O)NC2CCNC2)cc1Cl. The number of rotatable bonds is 3. The molecule has 1 atom stereocenters. The number of benzene rings is 1. The van der Waals surface area contributed by atoms with Crippen molar-refractivity contribution in [2.24, 2.45) is 0 Å². The average Bonchev–Trinajstić information content (AvgIpc) is 2.81. The Morgan fingerprint density at radius 1 is 1.50 bits per heavy atom. The Balaban J connectivity index is 2.24. The Hall–Kier alpha value is -1.13. The first-order chi connectivity index (χ1) is 8.53. The van der Waals surface area contributed by atoms with Gasteiger partial charge in [0.15, 0.2) is 0 Å². The van der Waals surface area contributed by atoms with Gasteiger partial charge < -0.3 is 5.32 Å². The molecule has 0 spiro atoms. The molecule has 7 heteroatoms. The Morgan fingerprint density at radius 2 is 2.28 bits per heavy atom. The van der Waals surface area contributed by atoms with Gasteiger partial charge in [0, 0.05) is 12.6 Å². The lowest BCUT2D eigenvalue weighted by molar-refractivity contribution is 0.560. The number of nitrogens with zero attached hydrogens (tertiary/aromatic N) is 1. The highest BCUT2D eigenvalue weighted by molar-refractivity contribution is 7.89. The van der Waals surface area contributed by atoms with Crippen LogP contribution in [-0.2, 0) is 10.0 Å². The smallest absolute Gasteiger partial charge is 0.240 e. The number of nitriles is 1. The quantitative estimate of drug-likeness (QED) is 0.863. The first-order valence-electron chi connectivity index (χ1n) is 5.45. The van der Waals surface area contributed by atoms with E-state index in [1.165, 1.54) is 18.2 Å². The van der Waals surface area contributed by atoms with Crippen LogP contribution in [0.2, 0.25) is 5.02 Å². The molecule has 1 heterocycles. The fourth-order valence-corrected chi connectivity index (χ4v) is 3.38. The van der Waals surface area contributed by atoms with Gasteiger partial charge in [-0.2, -0.15) is 5.26 Å². The summed E-state index contributed by atoms with van der Waals surface area (Å²) in [5, 5.41) is 12.0. The van der Waals surface area contributed by atoms with Gasteiger partial charge >= 0.3 is 0 Å². The van der Waals surface area contributed by atoms with Gasteiger partial charge in [-0.3, -0.25) is 0 Å². The minimum atomic E-state index is -3.58. The lowest BCUT2D eigenvalue weighted by Crippen LogP contribution is -2.36. The van der Waals surface area contributed by atoms with Gasteiger partial charge in [0.1, 0.15) is 6.07 Å². The first kappa shape index (κ1) is 13.3. The largest absolute Gasteiger partial charge is 0.315 e. The van der Waals surface area contributed by atoms with Crippen LogP contribution in [0, 0.1) is 11.3 Å². The van der Waals surface area contributed by atoms with Crippen molar-refractivity contribution in [2.75, 3.05) is 13.1 Å². The standard InChI is InChI=1S/C11H12ClN3O2S/c12-11-5-10(2-1-8(11)6-13)18(16,17)15-9-3-4-14-7-9/h1-2,5,9,14-15H,3-4,7H2. The summed E-state index contributed by atoms with van der Waals surface area (Å²) in [6.07, 6.45) is 0.767. The second-order valence-corrected chi connectivity index (χ2v) is 6.19. The van der Waals surface area contributed by atoms with Crippen LogP contribution in [0.5, 0.6) is 0 Å². The minimum absolute atomic E-state index is 0.0819. The molecule has 0 saturated carbocycles. The van der Waals surface area contributed by atoms with Crippen molar-refractivity contribution in [1.29, 1.82) is 5.26 Å². The number of hydrogen-bond donors (Lipinski definition) is 2. The topological polar surface area (TPSA) is 82.0 Å². The van der Waals surface area contributed by atoms with E-state index in [1.54, 1.807) is 0 Å². The van der Waals surface area contributed by atoms with Crippen LogP contribution in [0.1, 0.15) is 12.0 Å². The molecular weight excluding hydrogens is 274 g/mol. The van der Waals surface area contributed by atoms with Crippen molar-refractivity contribution < 1.29 is 8.42 Å². The van der Waals surface area contributed by atoms with Gasteiger partial charge in [0.05, 0.1) is 15.5 Å². The molecule has 96 valence electrons. The van der Waals surface area contributed by atoms with Crippen LogP contribution in [0.25, 0.3) is 0 Å². The van der Waals surface area contributed by atoms with Gasteiger partial charge in [0.25, 0.3) is 0 Å². The summed E-state index contributed by atoms with van der Waals surface area (Å²) in [4.78, 5) is 0.0819. The molecule has 1 unspecified atom stereocenters. The zero-order valence-electron chi connectivity index (χ0n) is 9.48. The molecule has 0 bridgehead atoms. The Bertz CT molecular complexity index is 589. The second-order valence-electron chi connectivity index (χ2n) is 4.06. The highest BCUT2D eigenvalue weighted by Crippen LogP contribution is 2.20. The first-order valence-corrected chi connectivity index (χ1v) is 7.32. The normalized spacial score (nSPS) is 19.7.